The molecule has 0 saturated carbocycles. The highest BCUT2D eigenvalue weighted by atomic mass is 79.9. The van der Waals surface area contributed by atoms with Crippen molar-refractivity contribution in [3.63, 3.8) is 0 Å². The van der Waals surface area contributed by atoms with Gasteiger partial charge in [0.1, 0.15) is 11.6 Å². The fraction of sp³-hybridized carbons (Fsp3) is 0.400. The van der Waals surface area contributed by atoms with Crippen molar-refractivity contribution in [3.8, 4) is 0 Å². The van der Waals surface area contributed by atoms with Gasteiger partial charge in [-0.2, -0.15) is 0 Å². The lowest BCUT2D eigenvalue weighted by Gasteiger charge is -2.08. The van der Waals surface area contributed by atoms with Gasteiger partial charge in [0.15, 0.2) is 0 Å². The molecule has 0 radical (unpaired) electrons. The third-order valence-corrected chi connectivity index (χ3v) is 2.78. The van der Waals surface area contributed by atoms with Crippen LogP contribution in [0.3, 0.4) is 0 Å². The second-order valence-corrected chi connectivity index (χ2v) is 3.78. The van der Waals surface area contributed by atoms with Crippen LogP contribution in [0.25, 0.3) is 0 Å². The molecule has 15 heavy (non-hydrogen) atoms. The van der Waals surface area contributed by atoms with E-state index in [9.17, 15) is 8.78 Å². The van der Waals surface area contributed by atoms with E-state index in [1.165, 1.54) is 0 Å². The van der Waals surface area contributed by atoms with E-state index in [-0.39, 0.29) is 11.0 Å². The van der Waals surface area contributed by atoms with Crippen molar-refractivity contribution >= 4 is 15.9 Å². The van der Waals surface area contributed by atoms with Gasteiger partial charge in [-0.25, -0.2) is 8.78 Å². The Morgan fingerprint density at radius 1 is 1.33 bits per heavy atom. The minimum absolute atomic E-state index is 0.174. The van der Waals surface area contributed by atoms with E-state index < -0.39 is 11.6 Å². The fourth-order valence-electron chi connectivity index (χ4n) is 1.12. The molecule has 0 atom stereocenters. The van der Waals surface area contributed by atoms with Gasteiger partial charge < -0.3 is 10.1 Å². The van der Waals surface area contributed by atoms with Crippen molar-refractivity contribution in [3.05, 3.63) is 33.8 Å². The molecule has 1 rings (SSSR count). The molecule has 0 aliphatic carbocycles. The van der Waals surface area contributed by atoms with Gasteiger partial charge in [-0.05, 0) is 28.1 Å². The Labute approximate surface area is 95.8 Å². The standard InChI is InChI=1S/C10H12BrF2NO/c1-15-5-4-14-6-7-8(12)2-3-9(13)10(7)11/h2-3,14H,4-6H2,1H3. The van der Waals surface area contributed by atoms with Crippen molar-refractivity contribution in [2.45, 2.75) is 6.54 Å². The smallest absolute Gasteiger partial charge is 0.137 e. The quantitative estimate of drug-likeness (QED) is 0.661. The summed E-state index contributed by atoms with van der Waals surface area (Å²) in [6, 6.07) is 2.21. The zero-order valence-electron chi connectivity index (χ0n) is 8.32. The molecule has 0 fully saturated rings. The van der Waals surface area contributed by atoms with E-state index in [4.69, 9.17) is 4.74 Å². The Balaban J connectivity index is 2.63. The topological polar surface area (TPSA) is 21.3 Å². The summed E-state index contributed by atoms with van der Waals surface area (Å²) >= 11 is 3.01. The van der Waals surface area contributed by atoms with Crippen molar-refractivity contribution < 1.29 is 13.5 Å². The summed E-state index contributed by atoms with van der Waals surface area (Å²) in [5.41, 5.74) is 0.297. The van der Waals surface area contributed by atoms with Crippen LogP contribution in [0.2, 0.25) is 0 Å². The Morgan fingerprint density at radius 3 is 2.67 bits per heavy atom. The molecule has 0 saturated heterocycles. The van der Waals surface area contributed by atoms with E-state index in [1.54, 1.807) is 7.11 Å². The predicted molar refractivity (Wildman–Crippen MR) is 57.6 cm³/mol. The molecule has 0 heterocycles. The van der Waals surface area contributed by atoms with Crippen LogP contribution in [-0.2, 0) is 11.3 Å². The minimum Gasteiger partial charge on any atom is -0.383 e. The number of halogens is 3. The lowest BCUT2D eigenvalue weighted by molar-refractivity contribution is 0.199. The van der Waals surface area contributed by atoms with Gasteiger partial charge in [-0.3, -0.25) is 0 Å². The largest absolute Gasteiger partial charge is 0.383 e. The van der Waals surface area contributed by atoms with E-state index in [1.807, 2.05) is 0 Å². The molecule has 0 amide bonds. The van der Waals surface area contributed by atoms with Crippen LogP contribution in [0, 0.1) is 11.6 Å². The lowest BCUT2D eigenvalue weighted by Crippen LogP contribution is -2.19. The fourth-order valence-corrected chi connectivity index (χ4v) is 1.58. The molecule has 0 aliphatic rings. The Hall–Kier alpha value is -0.520. The van der Waals surface area contributed by atoms with Gasteiger partial charge in [0.25, 0.3) is 0 Å². The molecule has 1 N–H and O–H groups in total. The third-order valence-electron chi connectivity index (χ3n) is 1.92. The monoisotopic (exact) mass is 279 g/mol. The van der Waals surface area contributed by atoms with Gasteiger partial charge in [-0.1, -0.05) is 0 Å². The highest BCUT2D eigenvalue weighted by molar-refractivity contribution is 9.10. The number of hydrogen-bond acceptors (Lipinski definition) is 2. The van der Waals surface area contributed by atoms with Crippen LogP contribution < -0.4 is 5.32 Å². The molecule has 0 bridgehead atoms. The number of ether oxygens (including phenoxy) is 1. The summed E-state index contributed by atoms with van der Waals surface area (Å²) < 4.78 is 31.3. The predicted octanol–water partition coefficient (Wildman–Crippen LogP) is 2.46. The second kappa shape index (κ2) is 6.15. The first-order valence-electron chi connectivity index (χ1n) is 4.49. The Morgan fingerprint density at radius 2 is 2.00 bits per heavy atom. The molecule has 0 aromatic heterocycles. The molecule has 0 aliphatic heterocycles. The van der Waals surface area contributed by atoms with Crippen LogP contribution in [-0.4, -0.2) is 20.3 Å². The molecule has 1 aromatic carbocycles. The van der Waals surface area contributed by atoms with Gasteiger partial charge in [0.05, 0.1) is 11.1 Å². The molecule has 2 nitrogen and oxygen atoms in total. The molecule has 84 valence electrons. The maximum Gasteiger partial charge on any atom is 0.137 e. The third kappa shape index (κ3) is 3.52. The lowest BCUT2D eigenvalue weighted by atomic mass is 10.2. The SMILES string of the molecule is COCCNCc1c(F)ccc(F)c1Br. The number of benzene rings is 1. The van der Waals surface area contributed by atoms with E-state index in [0.29, 0.717) is 18.7 Å². The Kier molecular flexibility index (Phi) is 5.14. The molecular weight excluding hydrogens is 268 g/mol. The van der Waals surface area contributed by atoms with Crippen LogP contribution >= 0.6 is 15.9 Å². The zero-order valence-corrected chi connectivity index (χ0v) is 9.90. The average Bonchev–Trinajstić information content (AvgIpc) is 2.23. The van der Waals surface area contributed by atoms with Gasteiger partial charge in [-0.15, -0.1) is 0 Å². The van der Waals surface area contributed by atoms with Crippen LogP contribution in [0.5, 0.6) is 0 Å². The number of hydrogen-bond donors (Lipinski definition) is 1. The molecule has 0 unspecified atom stereocenters. The van der Waals surface area contributed by atoms with Crippen LogP contribution in [0.1, 0.15) is 5.56 Å². The first-order chi connectivity index (χ1) is 7.16. The molecule has 1 aromatic rings. The average molecular weight is 280 g/mol. The maximum atomic E-state index is 13.3. The van der Waals surface area contributed by atoms with Gasteiger partial charge >= 0.3 is 0 Å². The minimum atomic E-state index is -0.458. The van der Waals surface area contributed by atoms with Gasteiger partial charge in [0.2, 0.25) is 0 Å². The van der Waals surface area contributed by atoms with E-state index >= 15 is 0 Å². The summed E-state index contributed by atoms with van der Waals surface area (Å²) in [5.74, 6) is -0.881. The van der Waals surface area contributed by atoms with E-state index in [0.717, 1.165) is 12.1 Å². The Bertz CT molecular complexity index is 333. The highest BCUT2D eigenvalue weighted by Crippen LogP contribution is 2.23. The number of methoxy groups -OCH3 is 1. The summed E-state index contributed by atoms with van der Waals surface area (Å²) in [7, 11) is 1.58. The van der Waals surface area contributed by atoms with Crippen LogP contribution in [0.15, 0.2) is 16.6 Å². The summed E-state index contributed by atoms with van der Waals surface area (Å²) in [5, 5.41) is 2.95. The first-order valence-corrected chi connectivity index (χ1v) is 5.28. The van der Waals surface area contributed by atoms with Crippen molar-refractivity contribution in [2.24, 2.45) is 0 Å². The van der Waals surface area contributed by atoms with Crippen LogP contribution in [0.4, 0.5) is 8.78 Å². The van der Waals surface area contributed by atoms with E-state index in [2.05, 4.69) is 21.2 Å². The zero-order chi connectivity index (χ0) is 11.3. The molecule has 5 heteroatoms. The highest BCUT2D eigenvalue weighted by Gasteiger charge is 2.10. The van der Waals surface area contributed by atoms with Crippen molar-refractivity contribution in [1.82, 2.24) is 5.32 Å². The first kappa shape index (κ1) is 12.5. The molecule has 0 spiro atoms. The summed E-state index contributed by atoms with van der Waals surface area (Å²) in [6.07, 6.45) is 0. The number of nitrogens with one attached hydrogen (secondary N) is 1. The maximum absolute atomic E-state index is 13.3. The van der Waals surface area contributed by atoms with Gasteiger partial charge in [0, 0.05) is 25.8 Å². The summed E-state index contributed by atoms with van der Waals surface area (Å²) in [4.78, 5) is 0. The molecular formula is C10H12BrF2NO. The van der Waals surface area contributed by atoms with Crippen molar-refractivity contribution in [1.29, 1.82) is 0 Å². The normalized spacial score (nSPS) is 10.7. The number of rotatable bonds is 5. The summed E-state index contributed by atoms with van der Waals surface area (Å²) in [6.45, 7) is 1.40. The second-order valence-electron chi connectivity index (χ2n) is 2.99. The van der Waals surface area contributed by atoms with Crippen molar-refractivity contribution in [2.75, 3.05) is 20.3 Å².